The van der Waals surface area contributed by atoms with Crippen LogP contribution in [0.25, 0.3) is 0 Å². The summed E-state index contributed by atoms with van der Waals surface area (Å²) in [5, 5.41) is 0. The maximum atomic E-state index is 11.6. The highest BCUT2D eigenvalue weighted by molar-refractivity contribution is 5.85. The van der Waals surface area contributed by atoms with E-state index in [9.17, 15) is 9.59 Å². The van der Waals surface area contributed by atoms with E-state index in [4.69, 9.17) is 9.47 Å². The Balaban J connectivity index is 1.36. The molecule has 7 atom stereocenters. The van der Waals surface area contributed by atoms with Crippen molar-refractivity contribution in [2.45, 2.75) is 78.2 Å². The lowest BCUT2D eigenvalue weighted by Crippen LogP contribution is -2.52. The molecule has 0 saturated heterocycles. The second-order valence-electron chi connectivity index (χ2n) is 10.7. The van der Waals surface area contributed by atoms with Gasteiger partial charge < -0.3 is 9.47 Å². The smallest absolute Gasteiger partial charge is 0.331 e. The van der Waals surface area contributed by atoms with E-state index in [1.54, 1.807) is 11.6 Å². The number of carbonyl (C=O) groups excluding carboxylic acids is 2. The summed E-state index contributed by atoms with van der Waals surface area (Å²) in [6.45, 7) is 7.00. The Labute approximate surface area is 174 Å². The van der Waals surface area contributed by atoms with E-state index in [-0.39, 0.29) is 23.5 Å². The van der Waals surface area contributed by atoms with Crippen LogP contribution in [0, 0.1) is 34.5 Å². The Morgan fingerprint density at radius 2 is 2.00 bits per heavy atom. The molecule has 0 unspecified atom stereocenters. The lowest BCUT2D eigenvalue weighted by atomic mass is 9.45. The summed E-state index contributed by atoms with van der Waals surface area (Å²) in [4.78, 5) is 23.1. The molecular weight excluding hydrogens is 364 g/mol. The Bertz CT molecular complexity index is 795. The Morgan fingerprint density at radius 1 is 1.17 bits per heavy atom. The molecule has 29 heavy (non-hydrogen) atoms. The highest BCUT2D eigenvalue weighted by atomic mass is 16.5. The normalized spacial score (nSPS) is 46.0. The minimum Gasteiger partial charge on any atom is -0.463 e. The summed E-state index contributed by atoms with van der Waals surface area (Å²) in [6.07, 6.45) is 13.7. The molecule has 158 valence electrons. The fraction of sp³-hybridized carbons (Fsp3) is 0.760. The van der Waals surface area contributed by atoms with Gasteiger partial charge in [0.25, 0.3) is 0 Å². The maximum absolute atomic E-state index is 11.6. The van der Waals surface area contributed by atoms with Gasteiger partial charge in [-0.05, 0) is 91.4 Å². The molecule has 0 aromatic heterocycles. The van der Waals surface area contributed by atoms with E-state index in [0.717, 1.165) is 25.2 Å². The van der Waals surface area contributed by atoms with Gasteiger partial charge in [-0.1, -0.05) is 25.5 Å². The zero-order valence-corrected chi connectivity index (χ0v) is 18.0. The van der Waals surface area contributed by atoms with Gasteiger partial charge in [-0.3, -0.25) is 4.79 Å². The van der Waals surface area contributed by atoms with Gasteiger partial charge in [0.15, 0.2) is 0 Å². The van der Waals surface area contributed by atoms with Gasteiger partial charge in [0.2, 0.25) is 0 Å². The average Bonchev–Trinajstić information content (AvgIpc) is 3.24. The zero-order chi connectivity index (χ0) is 20.4. The summed E-state index contributed by atoms with van der Waals surface area (Å²) in [7, 11) is 0. The molecule has 1 aliphatic heterocycles. The van der Waals surface area contributed by atoms with Crippen LogP contribution < -0.4 is 0 Å². The number of rotatable bonds is 2. The lowest BCUT2D eigenvalue weighted by molar-refractivity contribution is -0.155. The number of hydrogen-bond acceptors (Lipinski definition) is 4. The van der Waals surface area contributed by atoms with Crippen molar-refractivity contribution in [1.29, 1.82) is 0 Å². The van der Waals surface area contributed by atoms with Crippen LogP contribution in [0.15, 0.2) is 23.3 Å². The van der Waals surface area contributed by atoms with Crippen molar-refractivity contribution in [3.63, 3.8) is 0 Å². The third kappa shape index (κ3) is 2.92. The highest BCUT2D eigenvalue weighted by Crippen LogP contribution is 2.66. The van der Waals surface area contributed by atoms with Gasteiger partial charge in [0.1, 0.15) is 12.7 Å². The van der Waals surface area contributed by atoms with Crippen LogP contribution in [0.2, 0.25) is 0 Å². The summed E-state index contributed by atoms with van der Waals surface area (Å²) >= 11 is 0. The monoisotopic (exact) mass is 398 g/mol. The topological polar surface area (TPSA) is 52.6 Å². The highest BCUT2D eigenvalue weighted by Gasteiger charge is 2.58. The van der Waals surface area contributed by atoms with Gasteiger partial charge in [-0.2, -0.15) is 0 Å². The Kier molecular flexibility index (Phi) is 4.49. The van der Waals surface area contributed by atoms with Crippen LogP contribution in [0.5, 0.6) is 0 Å². The first-order valence-corrected chi connectivity index (χ1v) is 11.6. The van der Waals surface area contributed by atoms with Gasteiger partial charge in [-0.25, -0.2) is 4.79 Å². The van der Waals surface area contributed by atoms with Crippen LogP contribution in [0.1, 0.15) is 72.1 Å². The lowest BCUT2D eigenvalue weighted by Gasteiger charge is -2.59. The zero-order valence-electron chi connectivity index (χ0n) is 18.0. The van der Waals surface area contributed by atoms with E-state index in [0.29, 0.717) is 29.8 Å². The Hall–Kier alpha value is -1.58. The number of cyclic esters (lactones) is 1. The summed E-state index contributed by atoms with van der Waals surface area (Å²) < 4.78 is 10.8. The van der Waals surface area contributed by atoms with Gasteiger partial charge in [0, 0.05) is 13.0 Å². The Morgan fingerprint density at radius 3 is 2.72 bits per heavy atom. The van der Waals surface area contributed by atoms with E-state index in [2.05, 4.69) is 19.9 Å². The van der Waals surface area contributed by atoms with E-state index in [1.165, 1.54) is 44.6 Å². The van der Waals surface area contributed by atoms with Crippen molar-refractivity contribution in [3.05, 3.63) is 23.3 Å². The molecule has 0 aromatic carbocycles. The predicted octanol–water partition coefficient (Wildman–Crippen LogP) is 4.98. The van der Waals surface area contributed by atoms with Crippen molar-refractivity contribution in [3.8, 4) is 0 Å². The minimum atomic E-state index is -0.164. The first-order chi connectivity index (χ1) is 13.8. The first-order valence-electron chi connectivity index (χ1n) is 11.6. The van der Waals surface area contributed by atoms with Crippen LogP contribution in [0.4, 0.5) is 0 Å². The maximum Gasteiger partial charge on any atom is 0.331 e. The van der Waals surface area contributed by atoms with Gasteiger partial charge in [0.05, 0.1) is 0 Å². The number of hydrogen-bond donors (Lipinski definition) is 0. The second kappa shape index (κ2) is 6.72. The van der Waals surface area contributed by atoms with Crippen LogP contribution in [0.3, 0.4) is 0 Å². The molecule has 0 amide bonds. The summed E-state index contributed by atoms with van der Waals surface area (Å²) in [5.74, 6) is 2.24. The number of ether oxygens (including phenoxy) is 2. The van der Waals surface area contributed by atoms with Crippen LogP contribution >= 0.6 is 0 Å². The van der Waals surface area contributed by atoms with E-state index < -0.39 is 0 Å². The van der Waals surface area contributed by atoms with Crippen molar-refractivity contribution in [2.24, 2.45) is 34.5 Å². The van der Waals surface area contributed by atoms with Gasteiger partial charge in [-0.15, -0.1) is 0 Å². The molecule has 0 radical (unpaired) electrons. The SMILES string of the molecule is CC(=O)O[C@@H]1CC[C@]2(C)[C@H](CC[C@@H]3C4=CC[C@H](C5=CC(=O)OC5)[C@]4(C)CC[C@H]32)C1. The molecule has 0 N–H and O–H groups in total. The largest absolute Gasteiger partial charge is 0.463 e. The molecule has 4 nitrogen and oxygen atoms in total. The first kappa shape index (κ1) is 19.4. The fourth-order valence-corrected chi connectivity index (χ4v) is 8.04. The summed E-state index contributed by atoms with van der Waals surface area (Å²) in [6, 6.07) is 0. The number of fused-ring (bicyclic) bond motifs is 5. The van der Waals surface area contributed by atoms with Crippen LogP contribution in [-0.4, -0.2) is 24.6 Å². The van der Waals surface area contributed by atoms with Crippen LogP contribution in [-0.2, 0) is 19.1 Å². The summed E-state index contributed by atoms with van der Waals surface area (Å²) in [5.41, 5.74) is 3.45. The molecule has 0 spiro atoms. The quantitative estimate of drug-likeness (QED) is 0.486. The third-order valence-electron chi connectivity index (χ3n) is 9.48. The molecule has 4 aliphatic carbocycles. The third-order valence-corrected chi connectivity index (χ3v) is 9.48. The molecule has 5 aliphatic rings. The van der Waals surface area contributed by atoms with Crippen molar-refractivity contribution >= 4 is 11.9 Å². The van der Waals surface area contributed by atoms with Gasteiger partial charge >= 0.3 is 11.9 Å². The number of esters is 2. The second-order valence-corrected chi connectivity index (χ2v) is 10.7. The fourth-order valence-electron chi connectivity index (χ4n) is 8.04. The minimum absolute atomic E-state index is 0.123. The standard InChI is InChI=1S/C25H34O4/c1-15(26)29-18-8-10-24(2)17(13-18)4-5-19-21-7-6-20(16-12-23(27)28-14-16)25(21,3)11-9-22(19)24/h7,12,17-20,22H,4-6,8-11,13-14H2,1-3H3/t17-,18-,19-,20-,22-,24-,25+/m1/s1. The van der Waals surface area contributed by atoms with Crippen molar-refractivity contribution in [2.75, 3.05) is 6.61 Å². The molecule has 3 saturated carbocycles. The predicted molar refractivity (Wildman–Crippen MR) is 110 cm³/mol. The average molecular weight is 399 g/mol. The van der Waals surface area contributed by atoms with E-state index in [1.807, 2.05) is 0 Å². The molecule has 0 aromatic rings. The molecule has 3 fully saturated rings. The number of carbonyl (C=O) groups is 2. The molecule has 1 heterocycles. The molecule has 0 bridgehead atoms. The molecule has 4 heteroatoms. The van der Waals surface area contributed by atoms with Crippen molar-refractivity contribution in [1.82, 2.24) is 0 Å². The number of allylic oxidation sites excluding steroid dienone is 2. The van der Waals surface area contributed by atoms with Crippen molar-refractivity contribution < 1.29 is 19.1 Å². The molecule has 5 rings (SSSR count). The van der Waals surface area contributed by atoms with E-state index >= 15 is 0 Å². The molecular formula is C25H34O4.